The van der Waals surface area contributed by atoms with Gasteiger partial charge in [-0.3, -0.25) is 4.79 Å². The van der Waals surface area contributed by atoms with Crippen LogP contribution in [0.4, 0.5) is 10.1 Å². The highest BCUT2D eigenvalue weighted by molar-refractivity contribution is 5.91. The average molecular weight is 359 g/mol. The zero-order chi connectivity index (χ0) is 18.6. The minimum absolute atomic E-state index is 0.0814. The number of anilines is 1. The second kappa shape index (κ2) is 5.98. The highest BCUT2D eigenvalue weighted by Crippen LogP contribution is 2.44. The van der Waals surface area contributed by atoms with Gasteiger partial charge in [-0.25, -0.2) is 4.39 Å². The lowest BCUT2D eigenvalue weighted by molar-refractivity contribution is 0.243. The van der Waals surface area contributed by atoms with Crippen LogP contribution in [-0.4, -0.2) is 30.8 Å². The summed E-state index contributed by atoms with van der Waals surface area (Å²) < 4.78 is 22.9. The number of fused-ring (bicyclic) bond motifs is 1. The minimum Gasteiger partial charge on any atom is -0.492 e. The molecule has 1 aliphatic heterocycles. The van der Waals surface area contributed by atoms with Crippen LogP contribution in [0.25, 0.3) is 10.9 Å². The molecule has 6 heteroatoms. The van der Waals surface area contributed by atoms with Gasteiger partial charge in [0.2, 0.25) is 0 Å². The molecule has 0 amide bonds. The molecule has 0 spiro atoms. The summed E-state index contributed by atoms with van der Waals surface area (Å²) in [4.78, 5) is 14.4. The molecule has 2 fully saturated rings. The van der Waals surface area contributed by atoms with Crippen LogP contribution in [0, 0.1) is 11.2 Å². The van der Waals surface area contributed by atoms with Crippen molar-refractivity contribution >= 4 is 16.6 Å². The van der Waals surface area contributed by atoms with E-state index >= 15 is 4.39 Å². The Morgan fingerprint density at radius 1 is 1.31 bits per heavy atom. The average Bonchev–Trinajstić information content (AvgIpc) is 3.42. The lowest BCUT2D eigenvalue weighted by Gasteiger charge is -2.44. The van der Waals surface area contributed by atoms with Crippen LogP contribution in [0.3, 0.4) is 0 Å². The zero-order valence-corrected chi connectivity index (χ0v) is 15.6. The topological polar surface area (TPSA) is 60.5 Å². The number of pyridine rings is 1. The molecule has 140 valence electrons. The number of nitrogens with zero attached hydrogens (tertiary/aromatic N) is 2. The van der Waals surface area contributed by atoms with Crippen molar-refractivity contribution < 1.29 is 9.13 Å². The maximum atomic E-state index is 15.1. The quantitative estimate of drug-likeness (QED) is 0.915. The molecule has 1 saturated carbocycles. The van der Waals surface area contributed by atoms with E-state index in [2.05, 4.69) is 18.4 Å². The second-order valence-corrected chi connectivity index (χ2v) is 8.26. The molecule has 2 N–H and O–H groups in total. The van der Waals surface area contributed by atoms with Gasteiger partial charge in [-0.15, -0.1) is 0 Å². The Hall–Kier alpha value is -2.08. The van der Waals surface area contributed by atoms with E-state index in [4.69, 9.17) is 10.5 Å². The van der Waals surface area contributed by atoms with Gasteiger partial charge in [0.05, 0.1) is 18.0 Å². The number of methoxy groups -OCH3 is 1. The van der Waals surface area contributed by atoms with Gasteiger partial charge in [0.15, 0.2) is 17.0 Å². The normalized spacial score (nSPS) is 22.7. The molecule has 1 aromatic heterocycles. The Morgan fingerprint density at radius 3 is 2.65 bits per heavy atom. The molecule has 2 heterocycles. The SMILES string of the molecule is COc1c(N2CC[C@H](N)C(C)(C)C2)c(F)cc2c(=O)ccn(C3CC3)c12. The van der Waals surface area contributed by atoms with E-state index in [0.717, 1.165) is 19.3 Å². The molecular weight excluding hydrogens is 333 g/mol. The number of piperidine rings is 1. The summed E-state index contributed by atoms with van der Waals surface area (Å²) in [6, 6.07) is 3.33. The largest absolute Gasteiger partial charge is 0.492 e. The molecule has 0 bridgehead atoms. The molecule has 0 unspecified atom stereocenters. The maximum Gasteiger partial charge on any atom is 0.189 e. The molecule has 1 aliphatic carbocycles. The monoisotopic (exact) mass is 359 g/mol. The Labute approximate surface area is 152 Å². The van der Waals surface area contributed by atoms with Crippen molar-refractivity contribution in [3.63, 3.8) is 0 Å². The molecule has 1 aromatic carbocycles. The molecule has 2 aromatic rings. The molecule has 1 atom stereocenters. The fourth-order valence-corrected chi connectivity index (χ4v) is 4.07. The Morgan fingerprint density at radius 2 is 2.04 bits per heavy atom. The number of nitrogens with two attached hydrogens (primary N) is 1. The van der Waals surface area contributed by atoms with E-state index in [1.54, 1.807) is 7.11 Å². The van der Waals surface area contributed by atoms with Gasteiger partial charge >= 0.3 is 0 Å². The van der Waals surface area contributed by atoms with Gasteiger partial charge in [-0.1, -0.05) is 13.8 Å². The Balaban J connectivity index is 1.94. The number of hydrogen-bond donors (Lipinski definition) is 1. The minimum atomic E-state index is -0.411. The van der Waals surface area contributed by atoms with Crippen LogP contribution in [0.2, 0.25) is 0 Å². The van der Waals surface area contributed by atoms with Gasteiger partial charge in [0.25, 0.3) is 0 Å². The lowest BCUT2D eigenvalue weighted by atomic mass is 9.79. The van der Waals surface area contributed by atoms with E-state index in [1.165, 1.54) is 12.1 Å². The van der Waals surface area contributed by atoms with E-state index in [1.807, 2.05) is 11.1 Å². The van der Waals surface area contributed by atoms with Crippen molar-refractivity contribution in [3.8, 4) is 5.75 Å². The Kier molecular flexibility index (Phi) is 3.99. The van der Waals surface area contributed by atoms with Crippen LogP contribution in [0.1, 0.15) is 39.2 Å². The number of ether oxygens (including phenoxy) is 1. The fourth-order valence-electron chi connectivity index (χ4n) is 4.07. The smallest absolute Gasteiger partial charge is 0.189 e. The van der Waals surface area contributed by atoms with Crippen molar-refractivity contribution in [2.24, 2.45) is 11.1 Å². The van der Waals surface area contributed by atoms with Crippen molar-refractivity contribution in [1.29, 1.82) is 0 Å². The van der Waals surface area contributed by atoms with Gasteiger partial charge < -0.3 is 19.9 Å². The molecule has 4 rings (SSSR count). The van der Waals surface area contributed by atoms with E-state index < -0.39 is 5.82 Å². The van der Waals surface area contributed by atoms with Crippen molar-refractivity contribution in [2.75, 3.05) is 25.1 Å². The first-order chi connectivity index (χ1) is 12.3. The van der Waals surface area contributed by atoms with Gasteiger partial charge in [-0.05, 0) is 30.7 Å². The van der Waals surface area contributed by atoms with E-state index in [-0.39, 0.29) is 16.9 Å². The first kappa shape index (κ1) is 17.3. The Bertz CT molecular complexity index is 917. The summed E-state index contributed by atoms with van der Waals surface area (Å²) in [5.41, 5.74) is 7.09. The van der Waals surface area contributed by atoms with Gasteiger partial charge in [0.1, 0.15) is 5.69 Å². The summed E-state index contributed by atoms with van der Waals surface area (Å²) in [7, 11) is 1.55. The first-order valence-corrected chi connectivity index (χ1v) is 9.25. The number of rotatable bonds is 3. The zero-order valence-electron chi connectivity index (χ0n) is 15.6. The summed E-state index contributed by atoms with van der Waals surface area (Å²) >= 11 is 0. The van der Waals surface area contributed by atoms with Crippen LogP contribution in [0.15, 0.2) is 23.1 Å². The van der Waals surface area contributed by atoms with Crippen LogP contribution in [-0.2, 0) is 0 Å². The third kappa shape index (κ3) is 2.67. The molecule has 2 aliphatic rings. The third-order valence-electron chi connectivity index (χ3n) is 5.87. The van der Waals surface area contributed by atoms with Crippen molar-refractivity contribution in [2.45, 2.75) is 45.2 Å². The third-order valence-corrected chi connectivity index (χ3v) is 5.87. The maximum absolute atomic E-state index is 15.1. The predicted molar refractivity (Wildman–Crippen MR) is 102 cm³/mol. The van der Waals surface area contributed by atoms with Crippen molar-refractivity contribution in [3.05, 3.63) is 34.4 Å². The van der Waals surface area contributed by atoms with E-state index in [9.17, 15) is 4.79 Å². The van der Waals surface area contributed by atoms with E-state index in [0.29, 0.717) is 41.5 Å². The summed E-state index contributed by atoms with van der Waals surface area (Å²) in [5.74, 6) is 0.0436. The highest BCUT2D eigenvalue weighted by atomic mass is 19.1. The fraction of sp³-hybridized carbons (Fsp3) is 0.550. The standard InChI is InChI=1S/C20H26FN3O2/c1-20(2)11-23(8-7-16(20)22)18-14(21)10-13-15(25)6-9-24(12-4-5-12)17(13)19(18)26-3/h6,9-10,12,16H,4-5,7-8,11,22H2,1-3H3/t16-/m0/s1. The molecule has 0 radical (unpaired) electrons. The molecule has 5 nitrogen and oxygen atoms in total. The van der Waals surface area contributed by atoms with Gasteiger partial charge in [0, 0.05) is 37.4 Å². The highest BCUT2D eigenvalue weighted by Gasteiger charge is 2.36. The first-order valence-electron chi connectivity index (χ1n) is 9.25. The molecular formula is C20H26FN3O2. The summed E-state index contributed by atoms with van der Waals surface area (Å²) in [6.07, 6.45) is 4.74. The predicted octanol–water partition coefficient (Wildman–Crippen LogP) is 3.05. The molecule has 26 heavy (non-hydrogen) atoms. The number of halogens is 1. The molecule has 1 saturated heterocycles. The van der Waals surface area contributed by atoms with Crippen molar-refractivity contribution in [1.82, 2.24) is 4.57 Å². The van der Waals surface area contributed by atoms with Crippen LogP contribution < -0.4 is 20.8 Å². The summed E-state index contributed by atoms with van der Waals surface area (Å²) in [6.45, 7) is 5.53. The second-order valence-electron chi connectivity index (χ2n) is 8.26. The van der Waals surface area contributed by atoms with Gasteiger partial charge in [-0.2, -0.15) is 0 Å². The number of aromatic nitrogens is 1. The summed E-state index contributed by atoms with van der Waals surface area (Å²) in [5, 5.41) is 0.380. The number of hydrogen-bond acceptors (Lipinski definition) is 4. The van der Waals surface area contributed by atoms with Crippen LogP contribution >= 0.6 is 0 Å². The van der Waals surface area contributed by atoms with Crippen LogP contribution in [0.5, 0.6) is 5.75 Å². The lowest BCUT2D eigenvalue weighted by Crippen LogP contribution is -2.52. The number of benzene rings is 1.